The van der Waals surface area contributed by atoms with Gasteiger partial charge in [0.2, 0.25) is 5.12 Å². The fourth-order valence-corrected chi connectivity index (χ4v) is 1.71. The minimum Gasteiger partial charge on any atom is -0.480 e. The van der Waals surface area contributed by atoms with Gasteiger partial charge in [-0.1, -0.05) is 11.8 Å². The van der Waals surface area contributed by atoms with Crippen molar-refractivity contribution < 1.29 is 14.7 Å². The number of carboxylic acid groups (broad SMARTS) is 1. The molecule has 4 nitrogen and oxygen atoms in total. The molecule has 1 aliphatic rings. The van der Waals surface area contributed by atoms with E-state index in [1.807, 2.05) is 0 Å². The van der Waals surface area contributed by atoms with Crippen molar-refractivity contribution in [3.8, 4) is 0 Å². The monoisotopic (exact) mass is 161 g/mol. The van der Waals surface area contributed by atoms with Gasteiger partial charge in [0.25, 0.3) is 0 Å². The summed E-state index contributed by atoms with van der Waals surface area (Å²) in [5.41, 5.74) is 5.27. The van der Waals surface area contributed by atoms with Gasteiger partial charge in [0, 0.05) is 0 Å². The molecular weight excluding hydrogens is 154 g/mol. The minimum absolute atomic E-state index is 0.215. The molecule has 0 saturated carbocycles. The van der Waals surface area contributed by atoms with Crippen molar-refractivity contribution in [3.63, 3.8) is 0 Å². The molecule has 1 aliphatic heterocycles. The van der Waals surface area contributed by atoms with Crippen LogP contribution in [0.4, 0.5) is 0 Å². The molecule has 0 aromatic rings. The summed E-state index contributed by atoms with van der Waals surface area (Å²) in [5, 5.41) is 7.58. The van der Waals surface area contributed by atoms with Gasteiger partial charge < -0.3 is 10.8 Å². The van der Waals surface area contributed by atoms with Gasteiger partial charge in [-0.3, -0.25) is 9.59 Å². The van der Waals surface area contributed by atoms with Crippen molar-refractivity contribution in [1.82, 2.24) is 0 Å². The van der Waals surface area contributed by atoms with Gasteiger partial charge in [-0.05, 0) is 6.42 Å². The highest BCUT2D eigenvalue weighted by atomic mass is 32.2. The van der Waals surface area contributed by atoms with Crippen molar-refractivity contribution in [1.29, 1.82) is 0 Å². The summed E-state index contributed by atoms with van der Waals surface area (Å²) in [7, 11) is 0. The van der Waals surface area contributed by atoms with Gasteiger partial charge in [-0.15, -0.1) is 0 Å². The number of aliphatic carboxylic acids is 1. The largest absolute Gasteiger partial charge is 0.480 e. The predicted octanol–water partition coefficient (Wildman–Crippen LogP) is -0.570. The molecule has 0 amide bonds. The molecule has 1 saturated heterocycles. The molecular formula is C5H7NO3S. The zero-order valence-corrected chi connectivity index (χ0v) is 5.93. The van der Waals surface area contributed by atoms with Crippen molar-refractivity contribution in [2.24, 2.45) is 5.73 Å². The zero-order chi connectivity index (χ0) is 7.72. The zero-order valence-electron chi connectivity index (χ0n) is 5.11. The number of carbonyl (C=O) groups is 2. The maximum Gasteiger partial charge on any atom is 0.317 e. The molecule has 0 aromatic heterocycles. The van der Waals surface area contributed by atoms with E-state index >= 15 is 0 Å². The van der Waals surface area contributed by atoms with Gasteiger partial charge >= 0.3 is 5.97 Å². The molecule has 0 spiro atoms. The van der Waals surface area contributed by atoms with Crippen LogP contribution in [0.1, 0.15) is 6.42 Å². The van der Waals surface area contributed by atoms with Gasteiger partial charge in [-0.2, -0.15) is 0 Å². The van der Waals surface area contributed by atoms with Crippen LogP contribution in [0.15, 0.2) is 0 Å². The smallest absolute Gasteiger partial charge is 0.317 e. The quantitative estimate of drug-likeness (QED) is 0.538. The molecule has 2 atom stereocenters. The van der Waals surface area contributed by atoms with Crippen LogP contribution in [-0.2, 0) is 9.59 Å². The Bertz CT molecular complexity index is 182. The Morgan fingerprint density at radius 2 is 2.40 bits per heavy atom. The Morgan fingerprint density at radius 3 is 2.60 bits per heavy atom. The molecule has 2 unspecified atom stereocenters. The molecule has 0 aromatic carbocycles. The van der Waals surface area contributed by atoms with Crippen LogP contribution < -0.4 is 5.73 Å². The van der Waals surface area contributed by atoms with E-state index in [9.17, 15) is 9.59 Å². The average molecular weight is 161 g/mol. The summed E-state index contributed by atoms with van der Waals surface area (Å²) in [5.74, 6) is -0.952. The number of hydrogen-bond acceptors (Lipinski definition) is 4. The van der Waals surface area contributed by atoms with Crippen LogP contribution in [0, 0.1) is 0 Å². The second-order valence-electron chi connectivity index (χ2n) is 2.11. The average Bonchev–Trinajstić information content (AvgIpc) is 2.13. The molecule has 1 fully saturated rings. The lowest BCUT2D eigenvalue weighted by Crippen LogP contribution is -2.24. The highest BCUT2D eigenvalue weighted by molar-refractivity contribution is 8.15. The van der Waals surface area contributed by atoms with E-state index < -0.39 is 17.3 Å². The predicted molar refractivity (Wildman–Crippen MR) is 36.6 cm³/mol. The van der Waals surface area contributed by atoms with E-state index in [4.69, 9.17) is 10.8 Å². The number of carboxylic acids is 1. The summed E-state index contributed by atoms with van der Waals surface area (Å²) < 4.78 is 0. The van der Waals surface area contributed by atoms with Gasteiger partial charge in [0.05, 0.1) is 6.04 Å². The van der Waals surface area contributed by atoms with Gasteiger partial charge in [-0.25, -0.2) is 0 Å². The van der Waals surface area contributed by atoms with Crippen molar-refractivity contribution >= 4 is 22.8 Å². The highest BCUT2D eigenvalue weighted by Gasteiger charge is 2.35. The number of carbonyl (C=O) groups excluding carboxylic acids is 1. The van der Waals surface area contributed by atoms with Crippen LogP contribution >= 0.6 is 11.8 Å². The Kier molecular flexibility index (Phi) is 1.96. The van der Waals surface area contributed by atoms with Crippen molar-refractivity contribution in [3.05, 3.63) is 0 Å². The summed E-state index contributed by atoms with van der Waals surface area (Å²) in [6.45, 7) is 0. The Balaban J connectivity index is 2.57. The molecule has 10 heavy (non-hydrogen) atoms. The number of hydrogen-bond donors (Lipinski definition) is 2. The third-order valence-corrected chi connectivity index (χ3v) is 2.52. The molecule has 0 aliphatic carbocycles. The summed E-state index contributed by atoms with van der Waals surface area (Å²) in [6, 6.07) is -0.578. The van der Waals surface area contributed by atoms with Crippen LogP contribution in [-0.4, -0.2) is 27.5 Å². The molecule has 56 valence electrons. The number of nitrogens with two attached hydrogens (primary N) is 1. The third-order valence-electron chi connectivity index (χ3n) is 1.30. The van der Waals surface area contributed by atoms with Crippen LogP contribution in [0.2, 0.25) is 0 Å². The van der Waals surface area contributed by atoms with E-state index in [2.05, 4.69) is 0 Å². The summed E-state index contributed by atoms with van der Waals surface area (Å²) in [4.78, 5) is 20.9. The lowest BCUT2D eigenvalue weighted by Gasteiger charge is -1.97. The number of thioether (sulfide) groups is 1. The van der Waals surface area contributed by atoms with E-state index in [1.165, 1.54) is 0 Å². The standard InChI is InChI=1S/C5H7NO3S/c6-2-1-3(4(7)8)10-5(2)9/h2-3H,1,6H2,(H,7,8). The normalized spacial score (nSPS) is 32.7. The Hall–Kier alpha value is -0.550. The van der Waals surface area contributed by atoms with E-state index in [-0.39, 0.29) is 11.5 Å². The second kappa shape index (κ2) is 2.59. The highest BCUT2D eigenvalue weighted by Crippen LogP contribution is 2.26. The second-order valence-corrected chi connectivity index (χ2v) is 3.31. The molecule has 5 heteroatoms. The molecule has 1 heterocycles. The van der Waals surface area contributed by atoms with Crippen LogP contribution in [0.3, 0.4) is 0 Å². The lowest BCUT2D eigenvalue weighted by atomic mass is 10.2. The van der Waals surface area contributed by atoms with E-state index in [0.717, 1.165) is 11.8 Å². The van der Waals surface area contributed by atoms with Gasteiger partial charge in [0.15, 0.2) is 0 Å². The first kappa shape index (κ1) is 7.56. The summed E-state index contributed by atoms with van der Waals surface area (Å²) in [6.07, 6.45) is 0.263. The molecule has 0 bridgehead atoms. The first-order valence-corrected chi connectivity index (χ1v) is 3.68. The Labute approximate surface area is 61.8 Å². The molecule has 0 radical (unpaired) electrons. The fraction of sp³-hybridized carbons (Fsp3) is 0.600. The summed E-state index contributed by atoms with van der Waals surface area (Å²) >= 11 is 0.818. The first-order valence-electron chi connectivity index (χ1n) is 2.80. The van der Waals surface area contributed by atoms with E-state index in [0.29, 0.717) is 0 Å². The minimum atomic E-state index is -0.952. The lowest BCUT2D eigenvalue weighted by molar-refractivity contribution is -0.136. The topological polar surface area (TPSA) is 80.4 Å². The van der Waals surface area contributed by atoms with Gasteiger partial charge in [0.1, 0.15) is 5.25 Å². The maximum absolute atomic E-state index is 10.7. The SMILES string of the molecule is NC1CC(C(=O)O)SC1=O. The molecule has 3 N–H and O–H groups in total. The van der Waals surface area contributed by atoms with Crippen molar-refractivity contribution in [2.75, 3.05) is 0 Å². The maximum atomic E-state index is 10.7. The molecule has 1 rings (SSSR count). The van der Waals surface area contributed by atoms with Crippen LogP contribution in [0.25, 0.3) is 0 Å². The third kappa shape index (κ3) is 1.30. The van der Waals surface area contributed by atoms with Crippen LogP contribution in [0.5, 0.6) is 0 Å². The van der Waals surface area contributed by atoms with E-state index in [1.54, 1.807) is 0 Å². The first-order chi connectivity index (χ1) is 4.61. The fourth-order valence-electron chi connectivity index (χ4n) is 0.754. The van der Waals surface area contributed by atoms with Crippen molar-refractivity contribution in [2.45, 2.75) is 17.7 Å². The number of rotatable bonds is 1. The Morgan fingerprint density at radius 1 is 1.80 bits per heavy atom.